The number of thiol groups is 1. The van der Waals surface area contributed by atoms with E-state index in [0.717, 1.165) is 0 Å². The van der Waals surface area contributed by atoms with Crippen LogP contribution in [0.3, 0.4) is 0 Å². The molecule has 0 fully saturated rings. The van der Waals surface area contributed by atoms with Gasteiger partial charge in [-0.3, -0.25) is 4.55 Å². The number of nitrogens with zero attached hydrogens (tertiary/aromatic N) is 1. The van der Waals surface area contributed by atoms with Crippen LogP contribution in [0.25, 0.3) is 11.3 Å². The van der Waals surface area contributed by atoms with Gasteiger partial charge < -0.3 is 4.52 Å². The molecular weight excluding hydrogens is 226 g/mol. The molecule has 0 unspecified atom stereocenters. The summed E-state index contributed by atoms with van der Waals surface area (Å²) in [5.41, 5.74) is 1.04. The molecule has 1 N–H and O–H groups in total. The third kappa shape index (κ3) is 1.61. The Morgan fingerprint density at radius 2 is 2.07 bits per heavy atom. The van der Waals surface area contributed by atoms with Gasteiger partial charge in [-0.25, -0.2) is 0 Å². The van der Waals surface area contributed by atoms with Gasteiger partial charge in [0.1, 0.15) is 5.69 Å². The van der Waals surface area contributed by atoms with Gasteiger partial charge in [-0.2, -0.15) is 8.42 Å². The molecule has 0 saturated heterocycles. The van der Waals surface area contributed by atoms with Crippen molar-refractivity contribution < 1.29 is 17.5 Å². The van der Waals surface area contributed by atoms with Gasteiger partial charge in [-0.1, -0.05) is 5.16 Å². The standard InChI is InChI=1S/C7H5NO4S2/c9-14(10,11)7-2-4-1-5(13)3-6(4)8-12-7/h1-3,13H,(H,9,10,11). The maximum atomic E-state index is 10.7. The molecule has 0 bridgehead atoms. The molecule has 74 valence electrons. The van der Waals surface area contributed by atoms with E-state index < -0.39 is 15.2 Å². The van der Waals surface area contributed by atoms with Crippen molar-refractivity contribution in [2.45, 2.75) is 9.99 Å². The zero-order chi connectivity index (χ0) is 10.3. The summed E-state index contributed by atoms with van der Waals surface area (Å²) in [7, 11) is -4.34. The maximum Gasteiger partial charge on any atom is 0.331 e. The van der Waals surface area contributed by atoms with E-state index in [0.29, 0.717) is 16.2 Å². The highest BCUT2D eigenvalue weighted by Crippen LogP contribution is 2.27. The van der Waals surface area contributed by atoms with E-state index in [1.54, 1.807) is 12.1 Å². The Kier molecular flexibility index (Phi) is 2.02. The van der Waals surface area contributed by atoms with Crippen molar-refractivity contribution in [1.29, 1.82) is 0 Å². The molecule has 14 heavy (non-hydrogen) atoms. The van der Waals surface area contributed by atoms with E-state index >= 15 is 0 Å². The van der Waals surface area contributed by atoms with Crippen LogP contribution in [-0.4, -0.2) is 18.1 Å². The minimum atomic E-state index is -4.34. The van der Waals surface area contributed by atoms with Gasteiger partial charge in [0, 0.05) is 16.5 Å². The van der Waals surface area contributed by atoms with Gasteiger partial charge in [0.15, 0.2) is 0 Å². The van der Waals surface area contributed by atoms with Crippen molar-refractivity contribution in [3.63, 3.8) is 0 Å². The smallest absolute Gasteiger partial charge is 0.331 e. The van der Waals surface area contributed by atoms with E-state index in [4.69, 9.17) is 4.55 Å². The average molecular weight is 231 g/mol. The second-order valence-corrected chi connectivity index (χ2v) is 4.54. The Morgan fingerprint density at radius 1 is 1.36 bits per heavy atom. The van der Waals surface area contributed by atoms with Gasteiger partial charge in [-0.15, -0.1) is 12.6 Å². The van der Waals surface area contributed by atoms with Crippen molar-refractivity contribution in [3.8, 4) is 11.3 Å². The Hall–Kier alpha value is -1.05. The van der Waals surface area contributed by atoms with E-state index in [9.17, 15) is 8.42 Å². The quantitative estimate of drug-likeness (QED) is 0.571. The summed E-state index contributed by atoms with van der Waals surface area (Å²) >= 11 is 4.06. The summed E-state index contributed by atoms with van der Waals surface area (Å²) in [6, 6.07) is 4.43. The number of fused-ring (bicyclic) bond motifs is 1. The first-order chi connectivity index (χ1) is 6.47. The minimum absolute atomic E-state index is 0.488. The Balaban J connectivity index is 2.69. The van der Waals surface area contributed by atoms with E-state index in [-0.39, 0.29) is 0 Å². The van der Waals surface area contributed by atoms with Crippen LogP contribution >= 0.6 is 12.6 Å². The maximum absolute atomic E-state index is 10.7. The summed E-state index contributed by atoms with van der Waals surface area (Å²) in [5, 5.41) is 2.93. The van der Waals surface area contributed by atoms with Crippen LogP contribution < -0.4 is 0 Å². The van der Waals surface area contributed by atoms with Crippen molar-refractivity contribution >= 4 is 22.7 Å². The topological polar surface area (TPSA) is 80.4 Å². The van der Waals surface area contributed by atoms with Crippen molar-refractivity contribution in [3.05, 3.63) is 18.2 Å². The molecule has 0 amide bonds. The van der Waals surface area contributed by atoms with E-state index in [2.05, 4.69) is 22.3 Å². The third-order valence-electron chi connectivity index (χ3n) is 1.65. The fraction of sp³-hybridized carbons (Fsp3) is 0. The van der Waals surface area contributed by atoms with Crippen molar-refractivity contribution in [1.82, 2.24) is 5.16 Å². The van der Waals surface area contributed by atoms with Crippen LogP contribution in [0.2, 0.25) is 0 Å². The zero-order valence-electron chi connectivity index (χ0n) is 6.71. The first-order valence-electron chi connectivity index (χ1n) is 3.54. The SMILES string of the molecule is O=S(=O)(O)c1cc2cc(S)cc-2no1. The molecule has 1 aliphatic carbocycles. The lowest BCUT2D eigenvalue weighted by atomic mass is 10.3. The molecule has 0 aromatic rings. The molecular formula is C7H5NO4S2. The third-order valence-corrected chi connectivity index (χ3v) is 2.60. The Morgan fingerprint density at radius 3 is 2.71 bits per heavy atom. The van der Waals surface area contributed by atoms with Gasteiger partial charge in [0.05, 0.1) is 0 Å². The molecule has 0 atom stereocenters. The van der Waals surface area contributed by atoms with E-state index in [1.165, 1.54) is 6.07 Å². The molecule has 0 aromatic heterocycles. The lowest BCUT2D eigenvalue weighted by Crippen LogP contribution is -1.99. The van der Waals surface area contributed by atoms with E-state index in [1.807, 2.05) is 0 Å². The van der Waals surface area contributed by atoms with Gasteiger partial charge in [0.2, 0.25) is 0 Å². The molecule has 7 heteroatoms. The van der Waals surface area contributed by atoms with Crippen LogP contribution in [0.5, 0.6) is 0 Å². The molecule has 2 rings (SSSR count). The Bertz CT molecular complexity index is 545. The first kappa shape index (κ1) is 9.50. The molecule has 1 aliphatic heterocycles. The van der Waals surface area contributed by atoms with Crippen molar-refractivity contribution in [2.75, 3.05) is 0 Å². The first-order valence-corrected chi connectivity index (χ1v) is 5.42. The molecule has 2 aliphatic rings. The normalized spacial score (nSPS) is 12.1. The minimum Gasteiger partial charge on any atom is -0.341 e. The Labute approximate surface area is 85.2 Å². The predicted octanol–water partition coefficient (Wildman–Crippen LogP) is 1.31. The average Bonchev–Trinajstić information content (AvgIpc) is 2.41. The lowest BCUT2D eigenvalue weighted by molar-refractivity contribution is 0.305. The van der Waals surface area contributed by atoms with Crippen LogP contribution in [0.15, 0.2) is 32.7 Å². The van der Waals surface area contributed by atoms with Crippen LogP contribution in [0, 0.1) is 0 Å². The molecule has 0 spiro atoms. The van der Waals surface area contributed by atoms with Crippen LogP contribution in [0.1, 0.15) is 0 Å². The molecule has 0 aromatic carbocycles. The van der Waals surface area contributed by atoms with Gasteiger partial charge >= 0.3 is 10.1 Å². The highest BCUT2D eigenvalue weighted by atomic mass is 32.2. The highest BCUT2D eigenvalue weighted by Gasteiger charge is 2.17. The number of aromatic nitrogens is 1. The summed E-state index contributed by atoms with van der Waals surface area (Å²) in [4.78, 5) is 0.648. The summed E-state index contributed by atoms with van der Waals surface area (Å²) in [6.45, 7) is 0. The largest absolute Gasteiger partial charge is 0.341 e. The molecule has 5 nitrogen and oxygen atoms in total. The second kappa shape index (κ2) is 2.97. The summed E-state index contributed by atoms with van der Waals surface area (Å²) < 4.78 is 34.5. The zero-order valence-corrected chi connectivity index (χ0v) is 8.42. The fourth-order valence-electron chi connectivity index (χ4n) is 1.06. The number of hydrogen-bond donors (Lipinski definition) is 2. The van der Waals surface area contributed by atoms with Crippen LogP contribution in [0.4, 0.5) is 0 Å². The van der Waals surface area contributed by atoms with Crippen molar-refractivity contribution in [2.24, 2.45) is 0 Å². The second-order valence-electron chi connectivity index (χ2n) is 2.68. The predicted molar refractivity (Wildman–Crippen MR) is 50.2 cm³/mol. The molecule has 0 saturated carbocycles. The summed E-state index contributed by atoms with van der Waals surface area (Å²) in [6.07, 6.45) is 0. The summed E-state index contributed by atoms with van der Waals surface area (Å²) in [5.74, 6) is 0. The molecule has 0 radical (unpaired) electrons. The fourth-order valence-corrected chi connectivity index (χ4v) is 1.73. The monoisotopic (exact) mass is 231 g/mol. The van der Waals surface area contributed by atoms with Crippen LogP contribution in [-0.2, 0) is 10.1 Å². The lowest BCUT2D eigenvalue weighted by Gasteiger charge is -1.97. The number of rotatable bonds is 1. The molecule has 1 heterocycles. The van der Waals surface area contributed by atoms with Gasteiger partial charge in [0.25, 0.3) is 5.09 Å². The van der Waals surface area contributed by atoms with Gasteiger partial charge in [-0.05, 0) is 12.1 Å². The highest BCUT2D eigenvalue weighted by molar-refractivity contribution is 7.85. The number of hydrogen-bond acceptors (Lipinski definition) is 5.